The second-order valence-electron chi connectivity index (χ2n) is 5.20. The molecule has 0 spiro atoms. The second kappa shape index (κ2) is 14.2. The lowest BCUT2D eigenvalue weighted by atomic mass is 10.1. The van der Waals surface area contributed by atoms with E-state index >= 15 is 0 Å². The number of amides is 1. The van der Waals surface area contributed by atoms with Crippen LogP contribution in [0.1, 0.15) is 57.8 Å². The molecule has 0 heterocycles. The van der Waals surface area contributed by atoms with Gasteiger partial charge in [-0.15, -0.1) is 0 Å². The minimum absolute atomic E-state index is 0.109. The first kappa shape index (κ1) is 21.5. The maximum Gasteiger partial charge on any atom is 0.471 e. The van der Waals surface area contributed by atoms with Crippen LogP contribution in [-0.2, 0) is 18.4 Å². The molecule has 0 saturated carbocycles. The van der Waals surface area contributed by atoms with Crippen LogP contribution in [0.2, 0.25) is 0 Å². The Morgan fingerprint density at radius 2 is 1.73 bits per heavy atom. The van der Waals surface area contributed by atoms with Gasteiger partial charge in [-0.2, -0.15) is 0 Å². The summed E-state index contributed by atoms with van der Waals surface area (Å²) in [4.78, 5) is 20.5. The Bertz CT molecular complexity index is 328. The first-order valence-corrected chi connectivity index (χ1v) is 9.51. The zero-order valence-electron chi connectivity index (χ0n) is 13.6. The van der Waals surface area contributed by atoms with Crippen LogP contribution in [0.15, 0.2) is 0 Å². The first-order chi connectivity index (χ1) is 10.5. The van der Waals surface area contributed by atoms with Gasteiger partial charge in [0.05, 0.1) is 6.61 Å². The van der Waals surface area contributed by atoms with Gasteiger partial charge < -0.3 is 15.9 Å². The molecule has 0 bridgehead atoms. The number of rotatable bonds is 15. The van der Waals surface area contributed by atoms with E-state index in [4.69, 9.17) is 15.2 Å². The lowest BCUT2D eigenvalue weighted by Gasteiger charge is -2.08. The van der Waals surface area contributed by atoms with Crippen LogP contribution in [0.25, 0.3) is 0 Å². The van der Waals surface area contributed by atoms with Crippen molar-refractivity contribution in [2.24, 2.45) is 5.73 Å². The van der Waals surface area contributed by atoms with Gasteiger partial charge in [0.1, 0.15) is 0 Å². The smallest absolute Gasteiger partial charge is 0.356 e. The van der Waals surface area contributed by atoms with E-state index < -0.39 is 7.82 Å². The average Bonchev–Trinajstić information content (AvgIpc) is 2.49. The largest absolute Gasteiger partial charge is 0.471 e. The number of unbranched alkanes of at least 4 members (excludes halogenated alkanes) is 6. The Labute approximate surface area is 133 Å². The highest BCUT2D eigenvalue weighted by Crippen LogP contribution is 2.41. The van der Waals surface area contributed by atoms with Crippen molar-refractivity contribution in [2.75, 3.05) is 26.8 Å². The molecule has 22 heavy (non-hydrogen) atoms. The topological polar surface area (TPSA) is 111 Å². The first-order valence-electron chi connectivity index (χ1n) is 8.01. The minimum atomic E-state index is -3.83. The number of hydrogen-bond donors (Lipinski definition) is 3. The van der Waals surface area contributed by atoms with E-state index in [0.717, 1.165) is 58.6 Å². The van der Waals surface area contributed by atoms with E-state index in [2.05, 4.69) is 9.84 Å². The Morgan fingerprint density at radius 1 is 1.09 bits per heavy atom. The molecule has 132 valence electrons. The van der Waals surface area contributed by atoms with Crippen molar-refractivity contribution < 1.29 is 23.3 Å². The quantitative estimate of drug-likeness (QED) is 0.312. The van der Waals surface area contributed by atoms with Crippen LogP contribution in [0, 0.1) is 0 Å². The summed E-state index contributed by atoms with van der Waals surface area (Å²) in [6, 6.07) is 0. The third-order valence-electron chi connectivity index (χ3n) is 3.24. The van der Waals surface area contributed by atoms with Crippen molar-refractivity contribution in [2.45, 2.75) is 57.8 Å². The summed E-state index contributed by atoms with van der Waals surface area (Å²) < 4.78 is 20.0. The molecule has 8 heteroatoms. The number of carbonyl (C=O) groups excluding carboxylic acids is 1. The molecule has 0 aliphatic carbocycles. The van der Waals surface area contributed by atoms with Crippen LogP contribution < -0.4 is 11.1 Å². The molecule has 0 aliphatic heterocycles. The second-order valence-corrected chi connectivity index (χ2v) is 6.76. The molecule has 0 aliphatic rings. The highest BCUT2D eigenvalue weighted by atomic mass is 31.2. The summed E-state index contributed by atoms with van der Waals surface area (Å²) in [7, 11) is -2.69. The fourth-order valence-electron chi connectivity index (χ4n) is 1.91. The van der Waals surface area contributed by atoms with Gasteiger partial charge in [0.2, 0.25) is 5.91 Å². The van der Waals surface area contributed by atoms with Gasteiger partial charge in [0, 0.05) is 20.1 Å². The molecule has 0 rings (SSSR count). The summed E-state index contributed by atoms with van der Waals surface area (Å²) in [5.74, 6) is 0.109. The van der Waals surface area contributed by atoms with Crippen molar-refractivity contribution in [3.63, 3.8) is 0 Å². The molecular formula is C14H31N2O5P. The van der Waals surface area contributed by atoms with Crippen molar-refractivity contribution in [1.82, 2.24) is 5.32 Å². The van der Waals surface area contributed by atoms with Crippen molar-refractivity contribution in [3.8, 4) is 0 Å². The molecule has 1 unspecified atom stereocenters. The summed E-state index contributed by atoms with van der Waals surface area (Å²) in [5, 5.41) is 2.90. The number of nitrogens with one attached hydrogen (secondary N) is 1. The lowest BCUT2D eigenvalue weighted by Crippen LogP contribution is -2.23. The predicted octanol–water partition coefficient (Wildman–Crippen LogP) is 2.34. The molecule has 0 radical (unpaired) electrons. The van der Waals surface area contributed by atoms with E-state index in [0.29, 0.717) is 19.4 Å². The molecule has 0 saturated heterocycles. The number of nitrogens with two attached hydrogens (primary N) is 1. The van der Waals surface area contributed by atoms with Gasteiger partial charge >= 0.3 is 7.82 Å². The van der Waals surface area contributed by atoms with Gasteiger partial charge in [-0.05, 0) is 32.2 Å². The molecule has 4 N–H and O–H groups in total. The number of phosphoric ester groups is 1. The standard InChI is InChI=1S/C14H31N2O5P/c1-20-22(18,19)21-13-9-5-4-8-12-16-14(17)10-6-2-3-7-11-15/h2-13,15H2,1H3,(H,16,17)(H,18,19). The third-order valence-corrected chi connectivity index (χ3v) is 4.21. The molecule has 0 aromatic rings. The summed E-state index contributed by atoms with van der Waals surface area (Å²) in [5.41, 5.74) is 5.40. The maximum atomic E-state index is 11.5. The molecular weight excluding hydrogens is 307 g/mol. The van der Waals surface area contributed by atoms with E-state index in [1.807, 2.05) is 0 Å². The van der Waals surface area contributed by atoms with Crippen LogP contribution in [0.5, 0.6) is 0 Å². The van der Waals surface area contributed by atoms with E-state index in [1.165, 1.54) is 0 Å². The normalized spacial score (nSPS) is 13.8. The Morgan fingerprint density at radius 3 is 2.41 bits per heavy atom. The predicted molar refractivity (Wildman–Crippen MR) is 86.4 cm³/mol. The summed E-state index contributed by atoms with van der Waals surface area (Å²) in [6.45, 7) is 1.61. The van der Waals surface area contributed by atoms with E-state index in [9.17, 15) is 9.36 Å². The minimum Gasteiger partial charge on any atom is -0.356 e. The highest BCUT2D eigenvalue weighted by Gasteiger charge is 2.17. The van der Waals surface area contributed by atoms with Gasteiger partial charge in [0.15, 0.2) is 0 Å². The molecule has 1 atom stereocenters. The Balaban J connectivity index is 3.28. The highest BCUT2D eigenvalue weighted by molar-refractivity contribution is 7.47. The monoisotopic (exact) mass is 338 g/mol. The average molecular weight is 338 g/mol. The van der Waals surface area contributed by atoms with Gasteiger partial charge in [-0.1, -0.05) is 25.7 Å². The number of carbonyl (C=O) groups is 1. The van der Waals surface area contributed by atoms with E-state index in [1.54, 1.807) is 0 Å². The van der Waals surface area contributed by atoms with Gasteiger partial charge in [-0.3, -0.25) is 13.8 Å². The van der Waals surface area contributed by atoms with Gasteiger partial charge in [-0.25, -0.2) is 4.57 Å². The van der Waals surface area contributed by atoms with E-state index in [-0.39, 0.29) is 12.5 Å². The summed E-state index contributed by atoms with van der Waals surface area (Å²) in [6.07, 6.45) is 8.12. The molecule has 1 amide bonds. The maximum absolute atomic E-state index is 11.5. The lowest BCUT2D eigenvalue weighted by molar-refractivity contribution is -0.121. The third kappa shape index (κ3) is 14.5. The van der Waals surface area contributed by atoms with Crippen LogP contribution in [-0.4, -0.2) is 37.6 Å². The zero-order chi connectivity index (χ0) is 16.7. The number of phosphoric acid groups is 1. The van der Waals surface area contributed by atoms with Crippen LogP contribution in [0.4, 0.5) is 0 Å². The zero-order valence-corrected chi connectivity index (χ0v) is 14.5. The number of hydrogen-bond acceptors (Lipinski definition) is 5. The Hall–Kier alpha value is -0.460. The van der Waals surface area contributed by atoms with Crippen LogP contribution in [0.3, 0.4) is 0 Å². The fourth-order valence-corrected chi connectivity index (χ4v) is 2.38. The van der Waals surface area contributed by atoms with Crippen molar-refractivity contribution >= 4 is 13.7 Å². The fraction of sp³-hybridized carbons (Fsp3) is 0.929. The summed E-state index contributed by atoms with van der Waals surface area (Å²) >= 11 is 0. The molecule has 0 aromatic carbocycles. The van der Waals surface area contributed by atoms with Gasteiger partial charge in [0.25, 0.3) is 0 Å². The van der Waals surface area contributed by atoms with Crippen LogP contribution >= 0.6 is 7.82 Å². The Kier molecular flexibility index (Phi) is 13.9. The molecule has 7 nitrogen and oxygen atoms in total. The van der Waals surface area contributed by atoms with Crippen molar-refractivity contribution in [3.05, 3.63) is 0 Å². The van der Waals surface area contributed by atoms with Crippen molar-refractivity contribution in [1.29, 1.82) is 0 Å². The molecule has 0 aromatic heterocycles. The SMILES string of the molecule is COP(=O)(O)OCCCCCCNC(=O)CCCCCCN. The molecule has 0 fully saturated rings.